The first kappa shape index (κ1) is 9.58. The van der Waals surface area contributed by atoms with Gasteiger partial charge in [0.25, 0.3) is 0 Å². The molecular weight excluding hydrogens is 190 g/mol. The molecule has 0 unspecified atom stereocenters. The van der Waals surface area contributed by atoms with E-state index in [2.05, 4.69) is 17.0 Å². The van der Waals surface area contributed by atoms with Crippen molar-refractivity contribution >= 4 is 5.91 Å². The van der Waals surface area contributed by atoms with Crippen molar-refractivity contribution < 1.29 is 4.79 Å². The molecular formula is C11H10N3O. The van der Waals surface area contributed by atoms with E-state index in [4.69, 9.17) is 0 Å². The van der Waals surface area contributed by atoms with Crippen LogP contribution in [0.4, 0.5) is 0 Å². The summed E-state index contributed by atoms with van der Waals surface area (Å²) in [6.07, 6.45) is 6.97. The van der Waals surface area contributed by atoms with Crippen molar-refractivity contribution in [2.24, 2.45) is 0 Å². The standard InChI is InChI=1S/C11H10N3O/c1-2-11(15)14-8-10(7-13-14)9-3-5-12-6-4-9/h3-8H,1-2H2. The van der Waals surface area contributed by atoms with E-state index in [1.807, 2.05) is 12.1 Å². The van der Waals surface area contributed by atoms with Gasteiger partial charge in [-0.1, -0.05) is 0 Å². The summed E-state index contributed by atoms with van der Waals surface area (Å²) in [6.45, 7) is 3.52. The summed E-state index contributed by atoms with van der Waals surface area (Å²) in [5.74, 6) is -0.115. The second-order valence-electron chi connectivity index (χ2n) is 3.05. The Morgan fingerprint density at radius 3 is 2.73 bits per heavy atom. The molecule has 75 valence electrons. The Hall–Kier alpha value is -1.97. The lowest BCUT2D eigenvalue weighted by atomic mass is 10.1. The van der Waals surface area contributed by atoms with Gasteiger partial charge >= 0.3 is 0 Å². The van der Waals surface area contributed by atoms with Crippen molar-refractivity contribution in [1.29, 1.82) is 0 Å². The minimum Gasteiger partial charge on any atom is -0.273 e. The Morgan fingerprint density at radius 1 is 1.33 bits per heavy atom. The number of pyridine rings is 1. The van der Waals surface area contributed by atoms with Crippen molar-refractivity contribution in [1.82, 2.24) is 14.8 Å². The number of aromatic nitrogens is 3. The van der Waals surface area contributed by atoms with Gasteiger partial charge in [-0.25, -0.2) is 4.68 Å². The van der Waals surface area contributed by atoms with E-state index in [1.54, 1.807) is 24.8 Å². The molecule has 0 aliphatic rings. The first-order valence-corrected chi connectivity index (χ1v) is 4.59. The lowest BCUT2D eigenvalue weighted by Crippen LogP contribution is -2.08. The Kier molecular flexibility index (Phi) is 2.58. The molecule has 0 saturated carbocycles. The Bertz CT molecular complexity index is 462. The molecule has 0 bridgehead atoms. The van der Waals surface area contributed by atoms with E-state index in [9.17, 15) is 4.79 Å². The van der Waals surface area contributed by atoms with Crippen LogP contribution in [0.15, 0.2) is 36.9 Å². The summed E-state index contributed by atoms with van der Waals surface area (Å²) in [5, 5.41) is 3.97. The van der Waals surface area contributed by atoms with Crippen molar-refractivity contribution in [3.8, 4) is 11.1 Å². The van der Waals surface area contributed by atoms with E-state index >= 15 is 0 Å². The predicted molar refractivity (Wildman–Crippen MR) is 56.1 cm³/mol. The number of carbonyl (C=O) groups is 1. The number of nitrogens with zero attached hydrogens (tertiary/aromatic N) is 3. The molecule has 2 rings (SSSR count). The van der Waals surface area contributed by atoms with Gasteiger partial charge in [0, 0.05) is 30.6 Å². The fraction of sp³-hybridized carbons (Fsp3) is 0.0909. The highest BCUT2D eigenvalue weighted by molar-refractivity contribution is 5.79. The maximum Gasteiger partial charge on any atom is 0.246 e. The fourth-order valence-corrected chi connectivity index (χ4v) is 1.27. The summed E-state index contributed by atoms with van der Waals surface area (Å²) in [5.41, 5.74) is 1.90. The highest BCUT2D eigenvalue weighted by Gasteiger charge is 2.05. The molecule has 0 atom stereocenters. The highest BCUT2D eigenvalue weighted by atomic mass is 16.2. The van der Waals surface area contributed by atoms with Gasteiger partial charge in [-0.15, -0.1) is 0 Å². The predicted octanol–water partition coefficient (Wildman–Crippen LogP) is 1.81. The molecule has 1 radical (unpaired) electrons. The van der Waals surface area contributed by atoms with Gasteiger partial charge in [0.15, 0.2) is 0 Å². The second kappa shape index (κ2) is 4.04. The minimum absolute atomic E-state index is 0.115. The minimum atomic E-state index is -0.115. The lowest BCUT2D eigenvalue weighted by Gasteiger charge is -1.95. The number of hydrogen-bond acceptors (Lipinski definition) is 3. The average Bonchev–Trinajstić information content (AvgIpc) is 2.78. The zero-order valence-corrected chi connectivity index (χ0v) is 8.13. The fourth-order valence-electron chi connectivity index (χ4n) is 1.27. The summed E-state index contributed by atoms with van der Waals surface area (Å²) < 4.78 is 1.31. The topological polar surface area (TPSA) is 47.8 Å². The van der Waals surface area contributed by atoms with Crippen molar-refractivity contribution in [2.75, 3.05) is 0 Å². The van der Waals surface area contributed by atoms with Crippen molar-refractivity contribution in [2.45, 2.75) is 6.42 Å². The van der Waals surface area contributed by atoms with E-state index in [1.165, 1.54) is 4.68 Å². The molecule has 4 heteroatoms. The molecule has 0 aromatic carbocycles. The molecule has 0 N–H and O–H groups in total. The van der Waals surface area contributed by atoms with Gasteiger partial charge in [-0.2, -0.15) is 5.10 Å². The molecule has 2 aromatic heterocycles. The summed E-state index contributed by atoms with van der Waals surface area (Å²) in [4.78, 5) is 15.2. The van der Waals surface area contributed by atoms with Gasteiger partial charge in [-0.3, -0.25) is 9.78 Å². The second-order valence-corrected chi connectivity index (χ2v) is 3.05. The maximum absolute atomic E-state index is 11.3. The smallest absolute Gasteiger partial charge is 0.246 e. The van der Waals surface area contributed by atoms with E-state index in [-0.39, 0.29) is 12.3 Å². The van der Waals surface area contributed by atoms with Crippen LogP contribution in [0.1, 0.15) is 11.2 Å². The van der Waals surface area contributed by atoms with E-state index in [0.717, 1.165) is 11.1 Å². The van der Waals surface area contributed by atoms with Crippen LogP contribution in [0.2, 0.25) is 0 Å². The van der Waals surface area contributed by atoms with Gasteiger partial charge < -0.3 is 0 Å². The van der Waals surface area contributed by atoms with Crippen molar-refractivity contribution in [3.05, 3.63) is 43.8 Å². The Labute approximate surface area is 87.6 Å². The van der Waals surface area contributed by atoms with E-state index < -0.39 is 0 Å². The zero-order valence-electron chi connectivity index (χ0n) is 8.13. The Morgan fingerprint density at radius 2 is 2.07 bits per heavy atom. The van der Waals surface area contributed by atoms with Crippen LogP contribution < -0.4 is 0 Å². The van der Waals surface area contributed by atoms with Crippen molar-refractivity contribution in [3.63, 3.8) is 0 Å². The molecule has 0 saturated heterocycles. The van der Waals surface area contributed by atoms with Crippen LogP contribution >= 0.6 is 0 Å². The largest absolute Gasteiger partial charge is 0.273 e. The van der Waals surface area contributed by atoms with Gasteiger partial charge in [-0.05, 0) is 24.6 Å². The quantitative estimate of drug-likeness (QED) is 0.742. The number of carbonyl (C=O) groups excluding carboxylic acids is 1. The molecule has 2 heterocycles. The summed E-state index contributed by atoms with van der Waals surface area (Å²) >= 11 is 0. The van der Waals surface area contributed by atoms with E-state index in [0.29, 0.717) is 0 Å². The third kappa shape index (κ3) is 1.93. The monoisotopic (exact) mass is 200 g/mol. The summed E-state index contributed by atoms with van der Waals surface area (Å²) in [6, 6.07) is 3.74. The van der Waals surface area contributed by atoms with Gasteiger partial charge in [0.05, 0.1) is 6.20 Å². The summed E-state index contributed by atoms with van der Waals surface area (Å²) in [7, 11) is 0. The highest BCUT2D eigenvalue weighted by Crippen LogP contribution is 2.16. The molecule has 0 spiro atoms. The molecule has 0 aliphatic heterocycles. The molecule has 2 aromatic rings. The SMILES string of the molecule is [CH2]CC(=O)n1cc(-c2ccncc2)cn1. The number of rotatable bonds is 2. The van der Waals surface area contributed by atoms with Gasteiger partial charge in [0.1, 0.15) is 0 Å². The maximum atomic E-state index is 11.3. The van der Waals surface area contributed by atoms with Gasteiger partial charge in [0.2, 0.25) is 5.91 Å². The normalized spacial score (nSPS) is 10.2. The third-order valence-electron chi connectivity index (χ3n) is 2.07. The molecule has 0 amide bonds. The molecule has 0 fully saturated rings. The van der Waals surface area contributed by atoms with Crippen LogP contribution in [0, 0.1) is 6.92 Å². The average molecular weight is 200 g/mol. The lowest BCUT2D eigenvalue weighted by molar-refractivity contribution is 0.0901. The Balaban J connectivity index is 2.32. The number of hydrogen-bond donors (Lipinski definition) is 0. The van der Waals surface area contributed by atoms with Crippen LogP contribution in [0.5, 0.6) is 0 Å². The first-order chi connectivity index (χ1) is 7.31. The van der Waals surface area contributed by atoms with Crippen LogP contribution in [-0.2, 0) is 0 Å². The van der Waals surface area contributed by atoms with Crippen LogP contribution in [0.3, 0.4) is 0 Å². The zero-order chi connectivity index (χ0) is 10.7. The molecule has 0 aliphatic carbocycles. The van der Waals surface area contributed by atoms with Crippen LogP contribution in [-0.4, -0.2) is 20.7 Å². The molecule has 4 nitrogen and oxygen atoms in total. The molecule has 15 heavy (non-hydrogen) atoms. The first-order valence-electron chi connectivity index (χ1n) is 4.59. The van der Waals surface area contributed by atoms with Crippen LogP contribution in [0.25, 0.3) is 11.1 Å². The third-order valence-corrected chi connectivity index (χ3v) is 2.07.